The molecule has 327 valence electrons. The summed E-state index contributed by atoms with van der Waals surface area (Å²) in [5, 5.41) is 8.61. The number of rotatable bonds is 8. The zero-order valence-corrected chi connectivity index (χ0v) is 37.9. The van der Waals surface area contributed by atoms with E-state index in [1.54, 1.807) is 0 Å². The van der Waals surface area contributed by atoms with Crippen molar-refractivity contribution in [1.29, 1.82) is 0 Å². The van der Waals surface area contributed by atoms with Crippen molar-refractivity contribution in [1.82, 2.24) is 0 Å². The second-order valence-electron chi connectivity index (χ2n) is 13.9. The minimum absolute atomic E-state index is 0. The Morgan fingerprint density at radius 3 is 0.594 bits per heavy atom. The third-order valence-electron chi connectivity index (χ3n) is 9.63. The van der Waals surface area contributed by atoms with Gasteiger partial charge in [-0.2, -0.15) is 0 Å². The van der Waals surface area contributed by atoms with Crippen LogP contribution in [0.5, 0.6) is 0 Å². The third kappa shape index (κ3) is 16.4. The molecule has 6 aromatic carbocycles. The van der Waals surface area contributed by atoms with E-state index in [4.69, 9.17) is 0 Å². The Morgan fingerprint density at radius 2 is 0.469 bits per heavy atom. The van der Waals surface area contributed by atoms with Crippen LogP contribution in [0.1, 0.15) is 25.7 Å². The van der Waals surface area contributed by atoms with Gasteiger partial charge in [-0.25, -0.2) is 0 Å². The second-order valence-corrected chi connectivity index (χ2v) is 18.8. The first kappa shape index (κ1) is 50.8. The van der Waals surface area contributed by atoms with Crippen LogP contribution in [0.15, 0.2) is 251 Å². The van der Waals surface area contributed by atoms with Crippen molar-refractivity contribution in [2.24, 2.45) is 20.0 Å². The van der Waals surface area contributed by atoms with Crippen molar-refractivity contribution in [3.05, 3.63) is 231 Å². The van der Waals surface area contributed by atoms with E-state index in [-0.39, 0.29) is 21.8 Å². The van der Waals surface area contributed by atoms with Gasteiger partial charge in [-0.1, -0.05) is 133 Å². The minimum atomic E-state index is -3.67. The van der Waals surface area contributed by atoms with E-state index < -0.39 is 23.4 Å². The maximum absolute atomic E-state index is 9.67. The van der Waals surface area contributed by atoms with Crippen LogP contribution in [0.2, 0.25) is 0 Å². The first-order chi connectivity index (χ1) is 30.6. The summed E-state index contributed by atoms with van der Waals surface area (Å²) in [6.45, 7) is 0. The molecule has 0 aliphatic carbocycles. The van der Waals surface area contributed by atoms with Crippen LogP contribution in [0.25, 0.3) is 0 Å². The van der Waals surface area contributed by atoms with Gasteiger partial charge >= 0.3 is 7.54 Å². The molecule has 0 saturated heterocycles. The smallest absolute Gasteiger partial charge is 0.762 e. The second kappa shape index (κ2) is 28.7. The van der Waals surface area contributed by atoms with Crippen LogP contribution in [0.3, 0.4) is 0 Å². The first-order valence-electron chi connectivity index (χ1n) is 20.4. The maximum atomic E-state index is 9.67. The summed E-state index contributed by atoms with van der Waals surface area (Å²) < 4.78 is 29.0. The molecule has 0 spiro atoms. The van der Waals surface area contributed by atoms with Crippen molar-refractivity contribution >= 4 is 78.1 Å². The molecule has 4 nitrogen and oxygen atoms in total. The zero-order valence-electron chi connectivity index (χ0n) is 34.9. The van der Waals surface area contributed by atoms with Gasteiger partial charge in [0.15, 0.2) is 0 Å². The first-order valence-corrected chi connectivity index (χ1v) is 23.4. The van der Waals surface area contributed by atoms with Gasteiger partial charge in [0.2, 0.25) is 0 Å². The normalized spacial score (nSPS) is 13.5. The van der Waals surface area contributed by atoms with Gasteiger partial charge in [-0.3, -0.25) is 32.9 Å². The summed E-state index contributed by atoms with van der Waals surface area (Å²) in [7, 11) is -5.42. The number of benzene rings is 6. The molecule has 4 aliphatic rings. The maximum Gasteiger partial charge on any atom is 0.762 e. The monoisotopic (exact) mass is 940 g/mol. The Balaban J connectivity index is 0.000000186. The quantitative estimate of drug-likeness (QED) is 0.0857. The summed E-state index contributed by atoms with van der Waals surface area (Å²) in [5.41, 5.74) is 4.52. The Bertz CT molecular complexity index is 2090. The molecule has 0 amide bonds. The molecule has 0 saturated carbocycles. The Morgan fingerprint density at radius 1 is 0.312 bits per heavy atom. The molecule has 1 radical (unpaired) electrons. The molecule has 6 aromatic rings. The van der Waals surface area contributed by atoms with Crippen molar-refractivity contribution in [2.45, 2.75) is 25.7 Å². The Labute approximate surface area is 387 Å². The fourth-order valence-corrected chi connectivity index (χ4v) is 12.0. The summed E-state index contributed by atoms with van der Waals surface area (Å²) in [6.07, 6.45) is 19.4. The van der Waals surface area contributed by atoms with Gasteiger partial charge < -0.3 is 4.70 Å². The number of nitrogens with zero attached hydrogens (tertiary/aromatic N) is 4. The van der Waals surface area contributed by atoms with Crippen molar-refractivity contribution in [2.75, 3.05) is 0 Å². The van der Waals surface area contributed by atoms with E-state index in [9.17, 15) is 12.9 Å². The standard InChI is InChI=1S/2C18H15P.2C8H8N2.BF3.Cu.FH/c2*1-4-10-16(11-5-1)19(17-12-6-2-7-13-17)18-14-8-3-9-15-18;2*1-3-7(9-5-1)8-4-2-6-10-8;2-1(3)4;;/h2*1-15H;2*1-2,5-6H,3-4H2;;;1H/p+1. The van der Waals surface area contributed by atoms with Gasteiger partial charge in [-0.15, -0.1) is 0 Å². The third-order valence-corrected chi connectivity index (χ3v) is 15.1. The van der Waals surface area contributed by atoms with E-state index in [2.05, 4.69) is 226 Å². The van der Waals surface area contributed by atoms with Crippen molar-refractivity contribution in [3.8, 4) is 0 Å². The Hall–Kier alpha value is -5.88. The molecule has 0 aromatic heterocycles. The summed E-state index contributed by atoms with van der Waals surface area (Å²) in [6, 6.07) is 65.0. The van der Waals surface area contributed by atoms with Gasteiger partial charge in [0.25, 0.3) is 0 Å². The molecule has 0 fully saturated rings. The molecular weight excluding hydrogens is 893 g/mol. The van der Waals surface area contributed by atoms with Crippen LogP contribution in [-0.2, 0) is 17.1 Å². The van der Waals surface area contributed by atoms with Crippen molar-refractivity contribution < 1.29 is 34.7 Å². The molecule has 4 heterocycles. The Kier molecular flexibility index (Phi) is 22.8. The molecule has 10 rings (SSSR count). The van der Waals surface area contributed by atoms with Gasteiger partial charge in [-0.05, 0) is 72.8 Å². The van der Waals surface area contributed by atoms with Gasteiger partial charge in [0.1, 0.15) is 31.8 Å². The topological polar surface area (TPSA) is 49.4 Å². The fraction of sp³-hybridized carbons (Fsp3) is 0.0769. The van der Waals surface area contributed by atoms with Gasteiger partial charge in [0.05, 0.1) is 38.7 Å². The number of aliphatic imine (C=N–C) groups is 4. The van der Waals surface area contributed by atoms with E-state index in [0.29, 0.717) is 0 Å². The van der Waals surface area contributed by atoms with Crippen molar-refractivity contribution in [3.63, 3.8) is 0 Å². The predicted molar refractivity (Wildman–Crippen MR) is 267 cm³/mol. The molecule has 0 atom stereocenters. The predicted octanol–water partition coefficient (Wildman–Crippen LogP) is 7.64. The molecule has 0 bridgehead atoms. The van der Waals surface area contributed by atoms with E-state index in [1.807, 2.05) is 24.8 Å². The van der Waals surface area contributed by atoms with Crippen LogP contribution in [0, 0.1) is 0 Å². The van der Waals surface area contributed by atoms with Gasteiger partial charge in [0, 0.05) is 67.6 Å². The summed E-state index contributed by atoms with van der Waals surface area (Å²) in [4.78, 5) is 16.7. The molecule has 4 aliphatic heterocycles. The molecule has 0 unspecified atom stereocenters. The molecule has 0 N–H and O–H groups in total. The number of hydrogen-bond acceptors (Lipinski definition) is 4. The fourth-order valence-electron chi connectivity index (χ4n) is 6.84. The van der Waals surface area contributed by atoms with Crippen LogP contribution in [0.4, 0.5) is 12.9 Å². The largest absolute Gasteiger partial charge is 1.00 e. The zero-order chi connectivity index (χ0) is 43.0. The SMILES string of the molecule is C1=CN=C(C2=NC=CC2)C1.C1=CN=C(C2=NC=CC2)C1.FB(F)F.[Cu].[F-].c1ccc([PH+](c2ccccc2)c2ccccc2)cc1.c1ccc([PH+](c2ccccc2)c2ccccc2)cc1. The number of halogens is 4. The van der Waals surface area contributed by atoms with Crippen LogP contribution in [-0.4, -0.2) is 30.4 Å². The van der Waals surface area contributed by atoms with E-state index in [1.165, 1.54) is 31.8 Å². The molecule has 64 heavy (non-hydrogen) atoms. The average Bonchev–Trinajstić information content (AvgIpc) is 4.19. The summed E-state index contributed by atoms with van der Waals surface area (Å²) in [5.74, 6) is 0. The molecular formula is C52H48BCuF4N4P2+. The van der Waals surface area contributed by atoms with E-state index in [0.717, 1.165) is 48.5 Å². The van der Waals surface area contributed by atoms with Crippen LogP contribution >= 0.6 is 15.8 Å². The summed E-state index contributed by atoms with van der Waals surface area (Å²) >= 11 is 0. The van der Waals surface area contributed by atoms with Crippen LogP contribution < -0.4 is 36.5 Å². The van der Waals surface area contributed by atoms with E-state index >= 15 is 0 Å². The average molecular weight is 941 g/mol. The minimum Gasteiger partial charge on any atom is -1.00 e. The number of allylic oxidation sites excluding steroid dienone is 4. The molecule has 12 heteroatoms. The number of hydrogen-bond donors (Lipinski definition) is 0.